The van der Waals surface area contributed by atoms with Crippen molar-refractivity contribution >= 4 is 34.4 Å². The maximum Gasteiger partial charge on any atom is 0.255 e. The zero-order valence-corrected chi connectivity index (χ0v) is 16.0. The highest BCUT2D eigenvalue weighted by Crippen LogP contribution is 2.34. The second-order valence-corrected chi connectivity index (χ2v) is 7.48. The summed E-state index contributed by atoms with van der Waals surface area (Å²) in [6.07, 6.45) is 3.28. The van der Waals surface area contributed by atoms with E-state index >= 15 is 0 Å². The van der Waals surface area contributed by atoms with Gasteiger partial charge in [0.25, 0.3) is 5.91 Å². The summed E-state index contributed by atoms with van der Waals surface area (Å²) in [5, 5.41) is 13.4. The molecule has 4 aromatic rings. The Labute approximate surface area is 170 Å². The standard InChI is InChI=1S/C21H17FN4O2S/c22-13-5-6-17-15(7-13)12(9-24-17)10-26-21(28)16-8-14(11-25-20(16)23)29-19-4-2-1-3-18(19)27/h1-9,11,24,27H,10H2,(H2,23,25)(H,26,28). The second-order valence-electron chi connectivity index (χ2n) is 6.36. The van der Waals surface area contributed by atoms with Crippen molar-refractivity contribution in [2.45, 2.75) is 16.3 Å². The molecule has 0 unspecified atom stereocenters. The van der Waals surface area contributed by atoms with Gasteiger partial charge in [0, 0.05) is 34.7 Å². The number of H-pyrrole nitrogens is 1. The van der Waals surface area contributed by atoms with E-state index in [4.69, 9.17) is 5.73 Å². The van der Waals surface area contributed by atoms with E-state index < -0.39 is 0 Å². The number of nitrogens with two attached hydrogens (primary N) is 1. The number of aromatic hydroxyl groups is 1. The summed E-state index contributed by atoms with van der Waals surface area (Å²) in [7, 11) is 0. The van der Waals surface area contributed by atoms with Gasteiger partial charge in [-0.2, -0.15) is 0 Å². The van der Waals surface area contributed by atoms with Gasteiger partial charge in [0.2, 0.25) is 0 Å². The molecule has 0 saturated carbocycles. The van der Waals surface area contributed by atoms with E-state index in [0.29, 0.717) is 15.2 Å². The predicted octanol–water partition coefficient (Wildman–Crippen LogP) is 4.07. The molecule has 0 radical (unpaired) electrons. The van der Waals surface area contributed by atoms with E-state index in [1.807, 2.05) is 6.07 Å². The first-order chi connectivity index (χ1) is 14.0. The van der Waals surface area contributed by atoms with E-state index in [9.17, 15) is 14.3 Å². The molecule has 0 aliphatic rings. The molecule has 0 fully saturated rings. The minimum absolute atomic E-state index is 0.106. The van der Waals surface area contributed by atoms with Gasteiger partial charge < -0.3 is 21.1 Å². The number of phenols is 1. The lowest BCUT2D eigenvalue weighted by atomic mass is 10.1. The number of nitrogen functional groups attached to an aromatic ring is 1. The Morgan fingerprint density at radius 1 is 1.24 bits per heavy atom. The number of carbonyl (C=O) groups excluding carboxylic acids is 1. The molecule has 0 aliphatic heterocycles. The van der Waals surface area contributed by atoms with Crippen molar-refractivity contribution in [1.82, 2.24) is 15.3 Å². The average molecular weight is 408 g/mol. The fraction of sp³-hybridized carbons (Fsp3) is 0.0476. The second kappa shape index (κ2) is 7.84. The summed E-state index contributed by atoms with van der Waals surface area (Å²) in [5.74, 6) is -0.478. The summed E-state index contributed by atoms with van der Waals surface area (Å²) in [4.78, 5) is 21.1. The van der Waals surface area contributed by atoms with Crippen LogP contribution in [0.15, 0.2) is 70.7 Å². The Kier molecular flexibility index (Phi) is 5.09. The summed E-state index contributed by atoms with van der Waals surface area (Å²) in [6, 6.07) is 13.0. The smallest absolute Gasteiger partial charge is 0.255 e. The van der Waals surface area contributed by atoms with Crippen LogP contribution >= 0.6 is 11.8 Å². The molecule has 2 aromatic heterocycles. The van der Waals surface area contributed by atoms with Gasteiger partial charge in [0.05, 0.1) is 10.5 Å². The van der Waals surface area contributed by atoms with Crippen molar-refractivity contribution in [3.05, 3.63) is 77.9 Å². The third-order valence-electron chi connectivity index (χ3n) is 4.40. The van der Waals surface area contributed by atoms with Gasteiger partial charge in [-0.15, -0.1) is 0 Å². The molecular formula is C21H17FN4O2S. The normalized spacial score (nSPS) is 10.9. The number of para-hydroxylation sites is 1. The van der Waals surface area contributed by atoms with E-state index in [-0.39, 0.29) is 35.4 Å². The van der Waals surface area contributed by atoms with Gasteiger partial charge in [0.15, 0.2) is 0 Å². The van der Waals surface area contributed by atoms with Gasteiger partial charge in [-0.25, -0.2) is 9.37 Å². The summed E-state index contributed by atoms with van der Waals surface area (Å²) < 4.78 is 13.5. The first-order valence-corrected chi connectivity index (χ1v) is 9.58. The molecule has 0 bridgehead atoms. The van der Waals surface area contributed by atoms with Crippen molar-refractivity contribution in [2.75, 3.05) is 5.73 Å². The lowest BCUT2D eigenvalue weighted by molar-refractivity contribution is 0.0951. The molecule has 29 heavy (non-hydrogen) atoms. The number of carbonyl (C=O) groups is 1. The number of halogens is 1. The van der Waals surface area contributed by atoms with Crippen LogP contribution in [0, 0.1) is 5.82 Å². The van der Waals surface area contributed by atoms with Crippen LogP contribution in [0.3, 0.4) is 0 Å². The number of aromatic amines is 1. The van der Waals surface area contributed by atoms with Gasteiger partial charge in [0.1, 0.15) is 17.4 Å². The highest BCUT2D eigenvalue weighted by molar-refractivity contribution is 7.99. The number of amides is 1. The zero-order valence-electron chi connectivity index (χ0n) is 15.1. The maximum absolute atomic E-state index is 13.5. The van der Waals surface area contributed by atoms with Crippen LogP contribution in [0.2, 0.25) is 0 Å². The molecular weight excluding hydrogens is 391 g/mol. The van der Waals surface area contributed by atoms with Crippen LogP contribution in [-0.4, -0.2) is 21.0 Å². The van der Waals surface area contributed by atoms with Crippen LogP contribution in [0.5, 0.6) is 5.75 Å². The van der Waals surface area contributed by atoms with E-state index in [1.54, 1.807) is 42.7 Å². The molecule has 5 N–H and O–H groups in total. The third kappa shape index (κ3) is 4.02. The van der Waals surface area contributed by atoms with E-state index in [1.165, 1.54) is 23.9 Å². The Morgan fingerprint density at radius 3 is 2.90 bits per heavy atom. The number of pyridine rings is 1. The number of aromatic nitrogens is 2. The van der Waals surface area contributed by atoms with Crippen LogP contribution in [-0.2, 0) is 6.54 Å². The lowest BCUT2D eigenvalue weighted by Crippen LogP contribution is -2.24. The largest absolute Gasteiger partial charge is 0.507 e. The van der Waals surface area contributed by atoms with Gasteiger partial charge in [-0.1, -0.05) is 23.9 Å². The maximum atomic E-state index is 13.5. The minimum Gasteiger partial charge on any atom is -0.507 e. The summed E-state index contributed by atoms with van der Waals surface area (Å²) >= 11 is 1.28. The zero-order chi connectivity index (χ0) is 20.4. The number of fused-ring (bicyclic) bond motifs is 1. The molecule has 146 valence electrons. The minimum atomic E-state index is -0.388. The Bertz CT molecular complexity index is 1210. The SMILES string of the molecule is Nc1ncc(Sc2ccccc2O)cc1C(=O)NCc1c[nH]c2ccc(F)cc12. The number of phenolic OH excluding ortho intramolecular Hbond substituents is 1. The number of hydrogen-bond donors (Lipinski definition) is 4. The van der Waals surface area contributed by atoms with Gasteiger partial charge >= 0.3 is 0 Å². The first kappa shape index (κ1) is 18.8. The molecule has 0 saturated heterocycles. The number of anilines is 1. The predicted molar refractivity (Wildman–Crippen MR) is 110 cm³/mol. The third-order valence-corrected chi connectivity index (χ3v) is 5.42. The van der Waals surface area contributed by atoms with E-state index in [0.717, 1.165) is 11.1 Å². The summed E-state index contributed by atoms with van der Waals surface area (Å²) in [5.41, 5.74) is 7.67. The number of hydrogen-bond acceptors (Lipinski definition) is 5. The summed E-state index contributed by atoms with van der Waals surface area (Å²) in [6.45, 7) is 0.207. The highest BCUT2D eigenvalue weighted by atomic mass is 32.2. The molecule has 4 rings (SSSR count). The fourth-order valence-corrected chi connectivity index (χ4v) is 3.79. The monoisotopic (exact) mass is 408 g/mol. The number of benzene rings is 2. The van der Waals surface area contributed by atoms with Crippen molar-refractivity contribution in [2.24, 2.45) is 0 Å². The molecule has 0 aliphatic carbocycles. The van der Waals surface area contributed by atoms with Gasteiger partial charge in [-0.05, 0) is 42.0 Å². The number of nitrogens with zero attached hydrogens (tertiary/aromatic N) is 1. The van der Waals surface area contributed by atoms with Crippen LogP contribution < -0.4 is 11.1 Å². The fourth-order valence-electron chi connectivity index (χ4n) is 2.93. The van der Waals surface area contributed by atoms with Crippen LogP contribution in [0.1, 0.15) is 15.9 Å². The highest BCUT2D eigenvalue weighted by Gasteiger charge is 2.14. The molecule has 0 atom stereocenters. The number of nitrogens with one attached hydrogen (secondary N) is 2. The van der Waals surface area contributed by atoms with Crippen LogP contribution in [0.4, 0.5) is 10.2 Å². The first-order valence-electron chi connectivity index (χ1n) is 8.76. The van der Waals surface area contributed by atoms with Crippen molar-refractivity contribution in [3.63, 3.8) is 0 Å². The molecule has 1 amide bonds. The van der Waals surface area contributed by atoms with Crippen molar-refractivity contribution in [1.29, 1.82) is 0 Å². The molecule has 6 nitrogen and oxygen atoms in total. The van der Waals surface area contributed by atoms with E-state index in [2.05, 4.69) is 15.3 Å². The Balaban J connectivity index is 1.52. The Morgan fingerprint density at radius 2 is 2.07 bits per heavy atom. The molecule has 2 aromatic carbocycles. The quantitative estimate of drug-likeness (QED) is 0.399. The average Bonchev–Trinajstić information content (AvgIpc) is 3.11. The van der Waals surface area contributed by atoms with Gasteiger partial charge in [-0.3, -0.25) is 4.79 Å². The van der Waals surface area contributed by atoms with Crippen molar-refractivity contribution < 1.29 is 14.3 Å². The Hall–Kier alpha value is -3.52. The van der Waals surface area contributed by atoms with Crippen molar-refractivity contribution in [3.8, 4) is 5.75 Å². The number of rotatable bonds is 5. The lowest BCUT2D eigenvalue weighted by Gasteiger charge is -2.09. The topological polar surface area (TPSA) is 104 Å². The molecule has 0 spiro atoms. The van der Waals surface area contributed by atoms with Crippen LogP contribution in [0.25, 0.3) is 10.9 Å². The molecule has 8 heteroatoms. The molecule has 2 heterocycles.